The number of carbonyl (C=O) groups is 1. The van der Waals surface area contributed by atoms with Crippen molar-refractivity contribution in [1.82, 2.24) is 10.2 Å². The molecule has 0 fully saturated rings. The first-order valence-corrected chi connectivity index (χ1v) is 10.5. The summed E-state index contributed by atoms with van der Waals surface area (Å²) in [6.07, 6.45) is 4.59. The molecule has 0 spiro atoms. The number of hydrogen-bond acceptors (Lipinski definition) is 7. The van der Waals surface area contributed by atoms with E-state index in [0.717, 1.165) is 18.4 Å². The van der Waals surface area contributed by atoms with Gasteiger partial charge in [0.15, 0.2) is 5.78 Å². The smallest absolute Gasteiger partial charge is 0.277 e. The molecule has 150 valence electrons. The average molecular weight is 410 g/mol. The lowest BCUT2D eigenvalue weighted by atomic mass is 9.90. The zero-order valence-electron chi connectivity index (χ0n) is 16.4. The first kappa shape index (κ1) is 19.5. The maximum atomic E-state index is 12.6. The van der Waals surface area contributed by atoms with Gasteiger partial charge in [0.05, 0.1) is 20.0 Å². The molecule has 1 heterocycles. The summed E-state index contributed by atoms with van der Waals surface area (Å²) in [7, 11) is 3.17. The van der Waals surface area contributed by atoms with Crippen LogP contribution in [0.5, 0.6) is 11.5 Å². The van der Waals surface area contributed by atoms with Gasteiger partial charge in [0, 0.05) is 17.2 Å². The molecular formula is C22H22N2O4S. The molecule has 29 heavy (non-hydrogen) atoms. The number of carbonyl (C=O) groups excluding carboxylic acids is 1. The first-order chi connectivity index (χ1) is 14.2. The van der Waals surface area contributed by atoms with Crippen molar-refractivity contribution in [2.75, 3.05) is 20.0 Å². The van der Waals surface area contributed by atoms with E-state index < -0.39 is 0 Å². The number of methoxy groups -OCH3 is 2. The van der Waals surface area contributed by atoms with E-state index in [-0.39, 0.29) is 11.5 Å². The van der Waals surface area contributed by atoms with Crippen LogP contribution in [0.1, 0.15) is 34.3 Å². The first-order valence-electron chi connectivity index (χ1n) is 9.51. The SMILES string of the molecule is COc1cc(OC)cc(-c2nnc(SCC(=O)c3ccc4c(c3)CCCC4)o2)c1. The number of ether oxygens (including phenoxy) is 2. The highest BCUT2D eigenvalue weighted by Gasteiger charge is 2.16. The Labute approximate surface area is 173 Å². The second-order valence-electron chi connectivity index (χ2n) is 6.88. The zero-order chi connectivity index (χ0) is 20.2. The molecule has 0 bridgehead atoms. The molecule has 0 saturated heterocycles. The lowest BCUT2D eigenvalue weighted by Gasteiger charge is -2.16. The highest BCUT2D eigenvalue weighted by molar-refractivity contribution is 7.99. The summed E-state index contributed by atoms with van der Waals surface area (Å²) in [4.78, 5) is 12.6. The Morgan fingerprint density at radius 3 is 2.45 bits per heavy atom. The molecule has 1 aliphatic carbocycles. The molecule has 0 aliphatic heterocycles. The molecule has 4 rings (SSSR count). The minimum absolute atomic E-state index is 0.0613. The summed E-state index contributed by atoms with van der Waals surface area (Å²) in [6.45, 7) is 0. The molecular weight excluding hydrogens is 388 g/mol. The maximum absolute atomic E-state index is 12.6. The van der Waals surface area contributed by atoms with Gasteiger partial charge in [-0.1, -0.05) is 23.9 Å². The fraction of sp³-hybridized carbons (Fsp3) is 0.318. The van der Waals surface area contributed by atoms with E-state index in [9.17, 15) is 4.79 Å². The fourth-order valence-electron chi connectivity index (χ4n) is 3.43. The third kappa shape index (κ3) is 4.45. The third-order valence-electron chi connectivity index (χ3n) is 5.00. The number of aromatic nitrogens is 2. The van der Waals surface area contributed by atoms with Crippen LogP contribution in [0.25, 0.3) is 11.5 Å². The van der Waals surface area contributed by atoms with E-state index in [0.29, 0.717) is 28.2 Å². The molecule has 0 amide bonds. The molecule has 3 aromatic rings. The van der Waals surface area contributed by atoms with E-state index >= 15 is 0 Å². The molecule has 1 aromatic heterocycles. The second-order valence-corrected chi connectivity index (χ2v) is 7.80. The van der Waals surface area contributed by atoms with E-state index in [1.807, 2.05) is 12.1 Å². The number of thioether (sulfide) groups is 1. The molecule has 7 heteroatoms. The molecule has 2 aromatic carbocycles. The summed E-state index contributed by atoms with van der Waals surface area (Å²) >= 11 is 1.24. The number of fused-ring (bicyclic) bond motifs is 1. The van der Waals surface area contributed by atoms with Crippen LogP contribution >= 0.6 is 11.8 Å². The molecule has 0 radical (unpaired) electrons. The van der Waals surface area contributed by atoms with Gasteiger partial charge in [0.2, 0.25) is 5.89 Å². The van der Waals surface area contributed by atoms with E-state index in [1.54, 1.807) is 32.4 Å². The van der Waals surface area contributed by atoms with Crippen LogP contribution in [-0.2, 0) is 12.8 Å². The van der Waals surface area contributed by atoms with Gasteiger partial charge in [0.25, 0.3) is 5.22 Å². The fourth-order valence-corrected chi connectivity index (χ4v) is 4.09. The number of rotatable bonds is 7. The number of ketones is 1. The lowest BCUT2D eigenvalue weighted by molar-refractivity contribution is 0.102. The normalized spacial score (nSPS) is 13.0. The van der Waals surface area contributed by atoms with Crippen molar-refractivity contribution in [3.8, 4) is 23.0 Å². The maximum Gasteiger partial charge on any atom is 0.277 e. The van der Waals surface area contributed by atoms with Gasteiger partial charge in [-0.25, -0.2) is 0 Å². The van der Waals surface area contributed by atoms with Crippen molar-refractivity contribution in [2.24, 2.45) is 0 Å². The van der Waals surface area contributed by atoms with Crippen molar-refractivity contribution in [2.45, 2.75) is 30.9 Å². The van der Waals surface area contributed by atoms with E-state index in [4.69, 9.17) is 13.9 Å². The zero-order valence-corrected chi connectivity index (χ0v) is 17.3. The molecule has 0 unspecified atom stereocenters. The highest BCUT2D eigenvalue weighted by Crippen LogP contribution is 2.31. The highest BCUT2D eigenvalue weighted by atomic mass is 32.2. The van der Waals surface area contributed by atoms with Crippen LogP contribution < -0.4 is 9.47 Å². The largest absolute Gasteiger partial charge is 0.497 e. The topological polar surface area (TPSA) is 74.5 Å². The standard InChI is InChI=1S/C22H22N2O4S/c1-26-18-10-17(11-19(12-18)27-2)21-23-24-22(28-21)29-13-20(25)16-8-7-14-5-3-4-6-15(14)9-16/h7-12H,3-6,13H2,1-2H3. The number of hydrogen-bond donors (Lipinski definition) is 0. The summed E-state index contributed by atoms with van der Waals surface area (Å²) in [6, 6.07) is 11.4. The van der Waals surface area contributed by atoms with Crippen molar-refractivity contribution in [1.29, 1.82) is 0 Å². The molecule has 6 nitrogen and oxygen atoms in total. The van der Waals surface area contributed by atoms with Gasteiger partial charge in [-0.15, -0.1) is 10.2 Å². The van der Waals surface area contributed by atoms with Gasteiger partial charge in [-0.05, 0) is 55.0 Å². The van der Waals surface area contributed by atoms with Gasteiger partial charge < -0.3 is 13.9 Å². The van der Waals surface area contributed by atoms with Gasteiger partial charge in [-0.2, -0.15) is 0 Å². The lowest BCUT2D eigenvalue weighted by Crippen LogP contribution is -2.07. The average Bonchev–Trinajstić information content (AvgIpc) is 3.26. The number of aryl methyl sites for hydroxylation is 2. The Bertz CT molecular complexity index is 1010. The molecule has 1 aliphatic rings. The Morgan fingerprint density at radius 1 is 1.00 bits per heavy atom. The molecule has 0 saturated carbocycles. The minimum atomic E-state index is 0.0613. The quantitative estimate of drug-likeness (QED) is 0.416. The molecule has 0 N–H and O–H groups in total. The van der Waals surface area contributed by atoms with Gasteiger partial charge >= 0.3 is 0 Å². The number of benzene rings is 2. The van der Waals surface area contributed by atoms with Gasteiger partial charge in [-0.3, -0.25) is 4.79 Å². The summed E-state index contributed by atoms with van der Waals surface area (Å²) in [5.41, 5.74) is 4.12. The van der Waals surface area contributed by atoms with E-state index in [1.165, 1.54) is 35.7 Å². The second kappa shape index (κ2) is 8.69. The van der Waals surface area contributed by atoms with Crippen LogP contribution in [0.2, 0.25) is 0 Å². The van der Waals surface area contributed by atoms with Crippen molar-refractivity contribution < 1.29 is 18.7 Å². The van der Waals surface area contributed by atoms with Crippen LogP contribution in [-0.4, -0.2) is 36.0 Å². The van der Waals surface area contributed by atoms with Crippen LogP contribution in [0.3, 0.4) is 0 Å². The molecule has 0 atom stereocenters. The minimum Gasteiger partial charge on any atom is -0.497 e. The monoisotopic (exact) mass is 410 g/mol. The summed E-state index contributed by atoms with van der Waals surface area (Å²) in [5, 5.41) is 8.49. The number of nitrogens with zero attached hydrogens (tertiary/aromatic N) is 2. The van der Waals surface area contributed by atoms with Crippen molar-refractivity contribution >= 4 is 17.5 Å². The Hall–Kier alpha value is -2.80. The van der Waals surface area contributed by atoms with Crippen molar-refractivity contribution in [3.05, 3.63) is 53.1 Å². The van der Waals surface area contributed by atoms with Crippen LogP contribution in [0.4, 0.5) is 0 Å². The van der Waals surface area contributed by atoms with Gasteiger partial charge in [0.1, 0.15) is 11.5 Å². The predicted molar refractivity (Wildman–Crippen MR) is 111 cm³/mol. The summed E-state index contributed by atoms with van der Waals surface area (Å²) < 4.78 is 16.3. The third-order valence-corrected chi connectivity index (χ3v) is 5.82. The summed E-state index contributed by atoms with van der Waals surface area (Å²) in [5.74, 6) is 1.93. The Balaban J connectivity index is 1.44. The van der Waals surface area contributed by atoms with E-state index in [2.05, 4.69) is 16.3 Å². The Morgan fingerprint density at radius 2 is 1.72 bits per heavy atom. The number of Topliss-reactive ketones (excluding diaryl/α,β-unsaturated/α-hetero) is 1. The van der Waals surface area contributed by atoms with Crippen LogP contribution in [0, 0.1) is 0 Å². The Kier molecular flexibility index (Phi) is 5.85. The van der Waals surface area contributed by atoms with Crippen molar-refractivity contribution in [3.63, 3.8) is 0 Å². The van der Waals surface area contributed by atoms with Crippen LogP contribution in [0.15, 0.2) is 46.0 Å². The predicted octanol–water partition coefficient (Wildman–Crippen LogP) is 4.61.